The van der Waals surface area contributed by atoms with Gasteiger partial charge in [-0.15, -0.1) is 12.4 Å². The monoisotopic (exact) mass is 420 g/mol. The number of oxazole rings is 1. The van der Waals surface area contributed by atoms with Gasteiger partial charge in [0, 0.05) is 22.3 Å². The number of benzene rings is 2. The van der Waals surface area contributed by atoms with E-state index in [-0.39, 0.29) is 25.6 Å². The molecule has 0 unspecified atom stereocenters. The highest BCUT2D eigenvalue weighted by molar-refractivity contribution is 7.99. The van der Waals surface area contributed by atoms with Crippen LogP contribution in [0.15, 0.2) is 69.0 Å². The number of halogens is 1. The van der Waals surface area contributed by atoms with Crippen LogP contribution in [0.2, 0.25) is 0 Å². The zero-order chi connectivity index (χ0) is 19.3. The van der Waals surface area contributed by atoms with Crippen molar-refractivity contribution in [1.82, 2.24) is 4.98 Å². The van der Waals surface area contributed by atoms with Crippen molar-refractivity contribution in [2.24, 2.45) is 5.73 Å². The van der Waals surface area contributed by atoms with Crippen LogP contribution >= 0.6 is 24.2 Å². The normalized spacial score (nSPS) is 11.3. The van der Waals surface area contributed by atoms with E-state index in [4.69, 9.17) is 10.2 Å². The minimum absolute atomic E-state index is 0. The summed E-state index contributed by atoms with van der Waals surface area (Å²) in [6.07, 6.45) is 2.92. The highest BCUT2D eigenvalue weighted by atomic mass is 35.5. The third-order valence-electron chi connectivity index (χ3n) is 4.47. The molecule has 0 atom stereocenters. The average molecular weight is 421 g/mol. The molecule has 150 valence electrons. The number of nitrogens with two attached hydrogens (primary N) is 1. The molecule has 1 aromatic heterocycles. The zero-order valence-corrected chi connectivity index (χ0v) is 17.3. The summed E-state index contributed by atoms with van der Waals surface area (Å²) in [4.78, 5) is 6.63. The molecule has 0 aliphatic carbocycles. The molecule has 2 aromatic carbocycles. The maximum atomic E-state index is 9.27. The van der Waals surface area contributed by atoms with Gasteiger partial charge in [-0.2, -0.15) is 0 Å². The molecule has 1 heterocycles. The van der Waals surface area contributed by atoms with Crippen LogP contribution in [0.3, 0.4) is 0 Å². The van der Waals surface area contributed by atoms with Crippen molar-refractivity contribution in [2.75, 3.05) is 13.2 Å². The van der Waals surface area contributed by atoms with Crippen LogP contribution in [-0.2, 0) is 6.42 Å². The minimum atomic E-state index is -0.919. The van der Waals surface area contributed by atoms with Gasteiger partial charge in [0.2, 0.25) is 0 Å². The Morgan fingerprint density at radius 2 is 1.57 bits per heavy atom. The lowest BCUT2D eigenvalue weighted by Gasteiger charge is -2.24. The molecular weight excluding hydrogens is 396 g/mol. The quantitative estimate of drug-likeness (QED) is 0.512. The number of hydrogen-bond acceptors (Lipinski definition) is 6. The summed E-state index contributed by atoms with van der Waals surface area (Å²) in [5, 5.41) is 18.5. The molecule has 5 nitrogen and oxygen atoms in total. The summed E-state index contributed by atoms with van der Waals surface area (Å²) in [6.45, 7) is 1.39. The van der Waals surface area contributed by atoms with Gasteiger partial charge < -0.3 is 20.4 Å². The second-order valence-corrected chi connectivity index (χ2v) is 7.85. The topological polar surface area (TPSA) is 92.5 Å². The minimum Gasteiger partial charge on any atom is -0.449 e. The van der Waals surface area contributed by atoms with Crippen LogP contribution in [0.5, 0.6) is 0 Å². The first-order valence-corrected chi connectivity index (χ1v) is 9.63. The molecule has 0 aliphatic heterocycles. The van der Waals surface area contributed by atoms with E-state index in [1.165, 1.54) is 0 Å². The van der Waals surface area contributed by atoms with Crippen molar-refractivity contribution in [3.8, 4) is 11.3 Å². The smallest absolute Gasteiger partial charge is 0.191 e. The fourth-order valence-electron chi connectivity index (χ4n) is 2.65. The molecule has 0 saturated carbocycles. The summed E-state index contributed by atoms with van der Waals surface area (Å²) in [5.41, 5.74) is 8.01. The number of hydrogen-bond donors (Lipinski definition) is 3. The Morgan fingerprint density at radius 1 is 1.00 bits per heavy atom. The predicted molar refractivity (Wildman–Crippen MR) is 114 cm³/mol. The number of rotatable bonds is 8. The standard InChI is InChI=1S/C21H24N2O3S.ClH/c1-15-23-20(12-26-15)17-4-8-19(9-5-17)27-18-6-2-16(3-7-18)10-11-21(22,13-24)14-25;/h2-9,12,24-25H,10-11,13-14,22H2,1H3;1H. The SMILES string of the molecule is Cc1nc(-c2ccc(Sc3ccc(CCC(N)(CO)CO)cc3)cc2)co1.Cl. The number of aryl methyl sites for hydroxylation is 2. The number of aliphatic hydroxyl groups excluding tert-OH is 2. The Morgan fingerprint density at radius 3 is 2.07 bits per heavy atom. The second-order valence-electron chi connectivity index (χ2n) is 6.70. The van der Waals surface area contributed by atoms with Gasteiger partial charge in [0.25, 0.3) is 0 Å². The Hall–Kier alpha value is -1.83. The highest BCUT2D eigenvalue weighted by Gasteiger charge is 2.22. The summed E-state index contributed by atoms with van der Waals surface area (Å²) < 4.78 is 5.26. The fraction of sp³-hybridized carbons (Fsp3) is 0.286. The average Bonchev–Trinajstić information content (AvgIpc) is 3.14. The van der Waals surface area contributed by atoms with Crippen molar-refractivity contribution in [3.05, 3.63) is 66.2 Å². The van der Waals surface area contributed by atoms with Crippen LogP contribution < -0.4 is 5.73 Å². The van der Waals surface area contributed by atoms with Crippen molar-refractivity contribution < 1.29 is 14.6 Å². The van der Waals surface area contributed by atoms with Crippen LogP contribution in [0.25, 0.3) is 11.3 Å². The maximum Gasteiger partial charge on any atom is 0.191 e. The van der Waals surface area contributed by atoms with Crippen LogP contribution in [-0.4, -0.2) is 33.9 Å². The molecule has 4 N–H and O–H groups in total. The third kappa shape index (κ3) is 5.83. The summed E-state index contributed by atoms with van der Waals surface area (Å²) in [5.74, 6) is 0.661. The Balaban J connectivity index is 0.00000280. The Bertz CT molecular complexity index is 862. The van der Waals surface area contributed by atoms with E-state index < -0.39 is 5.54 Å². The van der Waals surface area contributed by atoms with Crippen molar-refractivity contribution >= 4 is 24.2 Å². The molecule has 0 spiro atoms. The van der Waals surface area contributed by atoms with Gasteiger partial charge in [-0.25, -0.2) is 4.98 Å². The maximum absolute atomic E-state index is 9.27. The van der Waals surface area contributed by atoms with Gasteiger partial charge in [-0.05, 0) is 42.7 Å². The molecule has 0 fully saturated rings. The highest BCUT2D eigenvalue weighted by Crippen LogP contribution is 2.30. The third-order valence-corrected chi connectivity index (χ3v) is 5.49. The Labute approximate surface area is 175 Å². The summed E-state index contributed by atoms with van der Waals surface area (Å²) in [7, 11) is 0. The van der Waals surface area contributed by atoms with Crippen molar-refractivity contribution in [1.29, 1.82) is 0 Å². The lowest BCUT2D eigenvalue weighted by atomic mass is 9.94. The second kappa shape index (κ2) is 10.1. The first-order valence-electron chi connectivity index (χ1n) is 8.81. The Kier molecular flexibility index (Phi) is 8.10. The van der Waals surface area contributed by atoms with Gasteiger partial charge in [0.1, 0.15) is 12.0 Å². The van der Waals surface area contributed by atoms with Crippen molar-refractivity contribution in [3.63, 3.8) is 0 Å². The summed E-state index contributed by atoms with van der Waals surface area (Å²) >= 11 is 1.69. The number of aliphatic hydroxyl groups is 2. The van der Waals surface area contributed by atoms with Gasteiger partial charge >= 0.3 is 0 Å². The van der Waals surface area contributed by atoms with Gasteiger partial charge in [-0.3, -0.25) is 0 Å². The van der Waals surface area contributed by atoms with Gasteiger partial charge in [0.05, 0.1) is 18.8 Å². The van der Waals surface area contributed by atoms with E-state index >= 15 is 0 Å². The van der Waals surface area contributed by atoms with Crippen LogP contribution in [0.1, 0.15) is 17.9 Å². The molecule has 0 aliphatic rings. The lowest BCUT2D eigenvalue weighted by Crippen LogP contribution is -2.47. The van der Waals surface area contributed by atoms with E-state index in [9.17, 15) is 10.2 Å². The molecule has 0 bridgehead atoms. The van der Waals surface area contributed by atoms with Crippen LogP contribution in [0, 0.1) is 6.92 Å². The van der Waals surface area contributed by atoms with Gasteiger partial charge in [0.15, 0.2) is 5.89 Å². The first-order chi connectivity index (χ1) is 13.0. The number of nitrogens with zero attached hydrogens (tertiary/aromatic N) is 1. The van der Waals surface area contributed by atoms with Crippen molar-refractivity contribution in [2.45, 2.75) is 35.1 Å². The lowest BCUT2D eigenvalue weighted by molar-refractivity contribution is 0.115. The largest absolute Gasteiger partial charge is 0.449 e. The van der Waals surface area contributed by atoms with E-state index in [0.29, 0.717) is 18.7 Å². The first kappa shape index (κ1) is 22.5. The van der Waals surface area contributed by atoms with E-state index in [2.05, 4.69) is 41.4 Å². The zero-order valence-electron chi connectivity index (χ0n) is 15.7. The summed E-state index contributed by atoms with van der Waals surface area (Å²) in [6, 6.07) is 16.5. The van der Waals surface area contributed by atoms with Crippen LogP contribution in [0.4, 0.5) is 0 Å². The molecule has 28 heavy (non-hydrogen) atoms. The predicted octanol–water partition coefficient (Wildman–Crippen LogP) is 3.84. The molecule has 3 aromatic rings. The number of aromatic nitrogens is 1. The van der Waals surface area contributed by atoms with E-state index in [1.807, 2.05) is 19.1 Å². The molecule has 0 saturated heterocycles. The molecule has 0 amide bonds. The fourth-order valence-corrected chi connectivity index (χ4v) is 3.47. The van der Waals surface area contributed by atoms with Gasteiger partial charge in [-0.1, -0.05) is 36.0 Å². The van der Waals surface area contributed by atoms with E-state index in [0.717, 1.165) is 26.6 Å². The molecule has 0 radical (unpaired) electrons. The molecular formula is C21H25ClN2O3S. The van der Waals surface area contributed by atoms with E-state index in [1.54, 1.807) is 18.0 Å². The molecule has 3 rings (SSSR count). The molecule has 7 heteroatoms.